The lowest BCUT2D eigenvalue weighted by Gasteiger charge is -2.28. The van der Waals surface area contributed by atoms with E-state index >= 15 is 0 Å². The Labute approximate surface area is 85.2 Å². The van der Waals surface area contributed by atoms with Gasteiger partial charge in [0.1, 0.15) is 6.61 Å². The maximum absolute atomic E-state index is 10.8. The van der Waals surface area contributed by atoms with Crippen LogP contribution in [0.25, 0.3) is 0 Å². The minimum absolute atomic E-state index is 0.0348. The van der Waals surface area contributed by atoms with Crippen LogP contribution in [0.1, 0.15) is 32.6 Å². The average molecular weight is 195 g/mol. The second-order valence-corrected chi connectivity index (χ2v) is 3.70. The molecule has 1 N–H and O–H groups in total. The molecular formula is C11H17NO2. The monoisotopic (exact) mass is 195 g/mol. The van der Waals surface area contributed by atoms with Crippen molar-refractivity contribution in [1.29, 1.82) is 0 Å². The maximum Gasteiger partial charge on any atom is 0.217 e. The molecule has 1 aliphatic carbocycles. The zero-order valence-corrected chi connectivity index (χ0v) is 8.58. The molecular weight excluding hydrogens is 178 g/mol. The first-order valence-electron chi connectivity index (χ1n) is 5.04. The number of carbonyl (C=O) groups excluding carboxylic acids is 1. The molecule has 0 radical (unpaired) electrons. The van der Waals surface area contributed by atoms with Crippen molar-refractivity contribution in [3.05, 3.63) is 0 Å². The summed E-state index contributed by atoms with van der Waals surface area (Å²) in [6.45, 7) is 1.92. The summed E-state index contributed by atoms with van der Waals surface area (Å²) in [7, 11) is 0. The highest BCUT2D eigenvalue weighted by Crippen LogP contribution is 2.20. The van der Waals surface area contributed by atoms with Gasteiger partial charge in [0.05, 0.1) is 6.10 Å². The van der Waals surface area contributed by atoms with Crippen molar-refractivity contribution >= 4 is 5.91 Å². The first-order valence-corrected chi connectivity index (χ1v) is 5.04. The average Bonchev–Trinajstić information content (AvgIpc) is 2.14. The van der Waals surface area contributed by atoms with Gasteiger partial charge in [-0.2, -0.15) is 0 Å². The van der Waals surface area contributed by atoms with Crippen LogP contribution in [0.5, 0.6) is 0 Å². The molecule has 0 spiro atoms. The molecule has 1 aliphatic rings. The fourth-order valence-corrected chi connectivity index (χ4v) is 1.88. The molecule has 0 bridgehead atoms. The number of amides is 1. The van der Waals surface area contributed by atoms with Crippen LogP contribution in [0.2, 0.25) is 0 Å². The Morgan fingerprint density at radius 1 is 1.64 bits per heavy atom. The highest BCUT2D eigenvalue weighted by atomic mass is 16.5. The Morgan fingerprint density at radius 2 is 2.43 bits per heavy atom. The Bertz CT molecular complexity index is 232. The zero-order chi connectivity index (χ0) is 10.4. The molecule has 3 heteroatoms. The van der Waals surface area contributed by atoms with Gasteiger partial charge < -0.3 is 10.1 Å². The van der Waals surface area contributed by atoms with E-state index in [1.54, 1.807) is 6.92 Å². The first-order chi connectivity index (χ1) is 6.72. The number of terminal acetylenes is 1. The van der Waals surface area contributed by atoms with E-state index in [1.807, 2.05) is 0 Å². The van der Waals surface area contributed by atoms with E-state index in [0.717, 1.165) is 25.7 Å². The van der Waals surface area contributed by atoms with Crippen LogP contribution < -0.4 is 5.32 Å². The molecule has 0 aromatic rings. The van der Waals surface area contributed by atoms with Crippen molar-refractivity contribution in [3.63, 3.8) is 0 Å². The quantitative estimate of drug-likeness (QED) is 0.684. The van der Waals surface area contributed by atoms with Gasteiger partial charge in [0, 0.05) is 13.0 Å². The molecule has 1 amide bonds. The molecule has 2 unspecified atom stereocenters. The highest BCUT2D eigenvalue weighted by molar-refractivity contribution is 5.73. The van der Waals surface area contributed by atoms with Crippen molar-refractivity contribution in [2.45, 2.75) is 44.8 Å². The lowest BCUT2D eigenvalue weighted by Crippen LogP contribution is -2.39. The van der Waals surface area contributed by atoms with E-state index in [0.29, 0.717) is 6.61 Å². The van der Waals surface area contributed by atoms with E-state index in [-0.39, 0.29) is 18.1 Å². The topological polar surface area (TPSA) is 38.3 Å². The lowest BCUT2D eigenvalue weighted by molar-refractivity contribution is -0.120. The number of carbonyl (C=O) groups is 1. The van der Waals surface area contributed by atoms with Crippen LogP contribution in [0.3, 0.4) is 0 Å². The standard InChI is InChI=1S/C11H17NO2/c1-3-7-14-11-6-4-5-10(8-11)12-9(2)13/h1,10-11H,4-8H2,2H3,(H,12,13). The summed E-state index contributed by atoms with van der Waals surface area (Å²) in [5, 5.41) is 2.92. The van der Waals surface area contributed by atoms with Gasteiger partial charge in [-0.3, -0.25) is 4.79 Å². The van der Waals surface area contributed by atoms with Crippen LogP contribution in [-0.4, -0.2) is 24.7 Å². The number of rotatable bonds is 3. The molecule has 1 saturated carbocycles. The first kappa shape index (κ1) is 11.1. The van der Waals surface area contributed by atoms with Gasteiger partial charge in [-0.1, -0.05) is 5.92 Å². The van der Waals surface area contributed by atoms with E-state index in [1.165, 1.54) is 0 Å². The molecule has 1 rings (SSSR count). The summed E-state index contributed by atoms with van der Waals surface area (Å²) in [5.74, 6) is 2.50. The summed E-state index contributed by atoms with van der Waals surface area (Å²) >= 11 is 0. The fourth-order valence-electron chi connectivity index (χ4n) is 1.88. The summed E-state index contributed by atoms with van der Waals surface area (Å²) in [5.41, 5.74) is 0. The predicted molar refractivity (Wildman–Crippen MR) is 54.6 cm³/mol. The van der Waals surface area contributed by atoms with Gasteiger partial charge in [0.25, 0.3) is 0 Å². The van der Waals surface area contributed by atoms with Crippen molar-refractivity contribution in [2.75, 3.05) is 6.61 Å². The molecule has 2 atom stereocenters. The largest absolute Gasteiger partial charge is 0.365 e. The molecule has 0 aliphatic heterocycles. The van der Waals surface area contributed by atoms with E-state index in [9.17, 15) is 4.79 Å². The minimum Gasteiger partial charge on any atom is -0.365 e. The number of hydrogen-bond acceptors (Lipinski definition) is 2. The zero-order valence-electron chi connectivity index (χ0n) is 8.58. The predicted octanol–water partition coefficient (Wildman–Crippen LogP) is 1.08. The fraction of sp³-hybridized carbons (Fsp3) is 0.727. The van der Waals surface area contributed by atoms with Gasteiger partial charge in [-0.05, 0) is 25.7 Å². The third-order valence-electron chi connectivity index (χ3n) is 2.44. The van der Waals surface area contributed by atoms with E-state index < -0.39 is 0 Å². The third kappa shape index (κ3) is 3.80. The molecule has 0 aromatic heterocycles. The summed E-state index contributed by atoms with van der Waals surface area (Å²) in [4.78, 5) is 10.8. The van der Waals surface area contributed by atoms with E-state index in [4.69, 9.17) is 11.2 Å². The molecule has 0 aromatic carbocycles. The summed E-state index contributed by atoms with van der Waals surface area (Å²) in [6, 6.07) is 0.268. The van der Waals surface area contributed by atoms with Crippen molar-refractivity contribution in [3.8, 4) is 12.3 Å². The van der Waals surface area contributed by atoms with Gasteiger partial charge in [-0.15, -0.1) is 6.42 Å². The molecule has 0 saturated heterocycles. The smallest absolute Gasteiger partial charge is 0.217 e. The summed E-state index contributed by atoms with van der Waals surface area (Å²) in [6.07, 6.45) is 9.43. The third-order valence-corrected chi connectivity index (χ3v) is 2.44. The molecule has 1 fully saturated rings. The van der Waals surface area contributed by atoms with Gasteiger partial charge in [0.15, 0.2) is 0 Å². The Kier molecular flexibility index (Phi) is 4.48. The van der Waals surface area contributed by atoms with E-state index in [2.05, 4.69) is 11.2 Å². The number of hydrogen-bond donors (Lipinski definition) is 1. The number of nitrogens with one attached hydrogen (secondary N) is 1. The highest BCUT2D eigenvalue weighted by Gasteiger charge is 2.22. The second kappa shape index (κ2) is 5.66. The molecule has 14 heavy (non-hydrogen) atoms. The normalized spacial score (nSPS) is 26.6. The van der Waals surface area contributed by atoms with Crippen LogP contribution in [0.15, 0.2) is 0 Å². The Morgan fingerprint density at radius 3 is 3.07 bits per heavy atom. The van der Waals surface area contributed by atoms with Gasteiger partial charge in [0.2, 0.25) is 5.91 Å². The van der Waals surface area contributed by atoms with Crippen LogP contribution in [0.4, 0.5) is 0 Å². The summed E-state index contributed by atoms with van der Waals surface area (Å²) < 4.78 is 5.46. The van der Waals surface area contributed by atoms with Crippen molar-refractivity contribution in [1.82, 2.24) is 5.32 Å². The van der Waals surface area contributed by atoms with Crippen LogP contribution in [0, 0.1) is 12.3 Å². The Hall–Kier alpha value is -1.01. The second-order valence-electron chi connectivity index (χ2n) is 3.70. The van der Waals surface area contributed by atoms with Crippen molar-refractivity contribution < 1.29 is 9.53 Å². The SMILES string of the molecule is C#CCOC1CCCC(NC(C)=O)C1. The van der Waals surface area contributed by atoms with Crippen molar-refractivity contribution in [2.24, 2.45) is 0 Å². The van der Waals surface area contributed by atoms with Crippen LogP contribution in [-0.2, 0) is 9.53 Å². The molecule has 78 valence electrons. The molecule has 3 nitrogen and oxygen atoms in total. The lowest BCUT2D eigenvalue weighted by atomic mass is 9.93. The minimum atomic E-state index is 0.0348. The van der Waals surface area contributed by atoms with Gasteiger partial charge in [-0.25, -0.2) is 0 Å². The van der Waals surface area contributed by atoms with Gasteiger partial charge >= 0.3 is 0 Å². The maximum atomic E-state index is 10.8. The number of ether oxygens (including phenoxy) is 1. The molecule has 0 heterocycles. The Balaban J connectivity index is 2.29. The van der Waals surface area contributed by atoms with Crippen LogP contribution >= 0.6 is 0 Å².